The molecule has 0 unspecified atom stereocenters. The highest BCUT2D eigenvalue weighted by atomic mass is 16.5. The van der Waals surface area contributed by atoms with E-state index in [1.54, 1.807) is 7.05 Å². The van der Waals surface area contributed by atoms with Crippen molar-refractivity contribution in [1.82, 2.24) is 5.32 Å². The first-order valence-electron chi connectivity index (χ1n) is 6.45. The van der Waals surface area contributed by atoms with Crippen molar-refractivity contribution in [1.29, 1.82) is 0 Å². The maximum Gasteiger partial charge on any atom is 0.251 e. The molecule has 0 spiro atoms. The Morgan fingerprint density at radius 1 is 1.33 bits per heavy atom. The van der Waals surface area contributed by atoms with Gasteiger partial charge in [-0.15, -0.1) is 0 Å². The molecule has 98 valence electrons. The van der Waals surface area contributed by atoms with E-state index >= 15 is 0 Å². The van der Waals surface area contributed by atoms with Crippen molar-refractivity contribution in [2.75, 3.05) is 7.05 Å². The molecule has 1 aromatic carbocycles. The van der Waals surface area contributed by atoms with E-state index in [4.69, 9.17) is 4.74 Å². The van der Waals surface area contributed by atoms with Crippen LogP contribution in [0.4, 0.5) is 0 Å². The maximum atomic E-state index is 12.0. The molecule has 3 heteroatoms. The number of carbonyl (C=O) groups excluding carboxylic acids is 1. The van der Waals surface area contributed by atoms with E-state index in [0.717, 1.165) is 24.2 Å². The molecule has 0 bridgehead atoms. The summed E-state index contributed by atoms with van der Waals surface area (Å²) in [5.41, 5.74) is 1.70. The molecule has 1 aliphatic rings. The number of hydrogen-bond acceptors (Lipinski definition) is 2. The lowest BCUT2D eigenvalue weighted by Crippen LogP contribution is -2.24. The number of carbonyl (C=O) groups is 1. The van der Waals surface area contributed by atoms with Crippen LogP contribution in [0, 0.1) is 0 Å². The quantitative estimate of drug-likeness (QED) is 0.892. The minimum atomic E-state index is -0.0556. The monoisotopic (exact) mass is 247 g/mol. The highest BCUT2D eigenvalue weighted by Gasteiger charge is 2.26. The topological polar surface area (TPSA) is 38.3 Å². The van der Waals surface area contributed by atoms with Gasteiger partial charge in [-0.05, 0) is 36.0 Å². The maximum absolute atomic E-state index is 12.0. The predicted octanol–water partition coefficient (Wildman–Crippen LogP) is 2.88. The van der Waals surface area contributed by atoms with Crippen LogP contribution in [-0.2, 0) is 5.41 Å². The van der Waals surface area contributed by atoms with Crippen LogP contribution in [0.2, 0.25) is 0 Å². The van der Waals surface area contributed by atoms with E-state index in [1.807, 2.05) is 18.2 Å². The first-order valence-corrected chi connectivity index (χ1v) is 6.45. The predicted molar refractivity (Wildman–Crippen MR) is 72.2 cm³/mol. The number of benzene rings is 1. The lowest BCUT2D eigenvalue weighted by molar-refractivity contribution is 0.0960. The average molecular weight is 247 g/mol. The summed E-state index contributed by atoms with van der Waals surface area (Å²) in [6.45, 7) is 6.32. The number of hydrogen-bond donors (Lipinski definition) is 1. The first kappa shape index (κ1) is 12.9. The minimum Gasteiger partial charge on any atom is -0.490 e. The highest BCUT2D eigenvalue weighted by molar-refractivity contribution is 5.96. The molecule has 0 aromatic heterocycles. The van der Waals surface area contributed by atoms with Gasteiger partial charge in [-0.2, -0.15) is 0 Å². The molecule has 0 aliphatic heterocycles. The summed E-state index contributed by atoms with van der Waals surface area (Å²) in [5.74, 6) is 0.741. The fraction of sp³-hybridized carbons (Fsp3) is 0.533. The van der Waals surface area contributed by atoms with Gasteiger partial charge < -0.3 is 10.1 Å². The summed E-state index contributed by atoms with van der Waals surface area (Å²) in [6, 6.07) is 5.82. The SMILES string of the molecule is CNC(=O)c1cc(OC2CC2)ccc1C(C)(C)C. The summed E-state index contributed by atoms with van der Waals surface area (Å²) in [7, 11) is 1.66. The largest absolute Gasteiger partial charge is 0.490 e. The van der Waals surface area contributed by atoms with Gasteiger partial charge >= 0.3 is 0 Å². The molecule has 18 heavy (non-hydrogen) atoms. The number of nitrogens with one attached hydrogen (secondary N) is 1. The van der Waals surface area contributed by atoms with Gasteiger partial charge in [0, 0.05) is 12.6 Å². The van der Waals surface area contributed by atoms with E-state index in [-0.39, 0.29) is 11.3 Å². The second kappa shape index (κ2) is 4.63. The molecule has 0 atom stereocenters. The van der Waals surface area contributed by atoms with Gasteiger partial charge in [-0.1, -0.05) is 26.8 Å². The van der Waals surface area contributed by atoms with E-state index in [0.29, 0.717) is 11.7 Å². The highest BCUT2D eigenvalue weighted by Crippen LogP contribution is 2.32. The second-order valence-electron chi connectivity index (χ2n) is 5.85. The smallest absolute Gasteiger partial charge is 0.251 e. The molecular formula is C15H21NO2. The normalized spacial score (nSPS) is 15.3. The number of ether oxygens (including phenoxy) is 1. The molecule has 1 aromatic rings. The average Bonchev–Trinajstić information content (AvgIpc) is 3.10. The van der Waals surface area contributed by atoms with Crippen LogP contribution in [0.25, 0.3) is 0 Å². The Morgan fingerprint density at radius 2 is 2.00 bits per heavy atom. The lowest BCUT2D eigenvalue weighted by Gasteiger charge is -2.23. The third-order valence-corrected chi connectivity index (χ3v) is 3.10. The van der Waals surface area contributed by atoms with Gasteiger partial charge in [0.25, 0.3) is 5.91 Å². The van der Waals surface area contributed by atoms with Crippen molar-refractivity contribution in [3.05, 3.63) is 29.3 Å². The second-order valence-corrected chi connectivity index (χ2v) is 5.85. The number of rotatable bonds is 3. The van der Waals surface area contributed by atoms with E-state index < -0.39 is 0 Å². The van der Waals surface area contributed by atoms with Gasteiger partial charge in [-0.3, -0.25) is 4.79 Å². The Kier molecular flexibility index (Phi) is 3.33. The Bertz CT molecular complexity index is 456. The van der Waals surface area contributed by atoms with Gasteiger partial charge in [0.15, 0.2) is 0 Å². The third-order valence-electron chi connectivity index (χ3n) is 3.10. The van der Waals surface area contributed by atoms with Gasteiger partial charge in [-0.25, -0.2) is 0 Å². The van der Waals surface area contributed by atoms with Gasteiger partial charge in [0.1, 0.15) is 5.75 Å². The summed E-state index contributed by atoms with van der Waals surface area (Å²) in [6.07, 6.45) is 2.59. The molecule has 0 radical (unpaired) electrons. The number of amides is 1. The van der Waals surface area contributed by atoms with Crippen molar-refractivity contribution in [2.45, 2.75) is 45.1 Å². The van der Waals surface area contributed by atoms with E-state index in [1.165, 1.54) is 0 Å². The van der Waals surface area contributed by atoms with Crippen LogP contribution >= 0.6 is 0 Å². The molecule has 3 nitrogen and oxygen atoms in total. The molecule has 1 saturated carbocycles. The summed E-state index contributed by atoms with van der Waals surface area (Å²) in [4.78, 5) is 12.0. The fourth-order valence-electron chi connectivity index (χ4n) is 1.95. The Hall–Kier alpha value is -1.51. The molecular weight excluding hydrogens is 226 g/mol. The van der Waals surface area contributed by atoms with Crippen molar-refractivity contribution in [3.8, 4) is 5.75 Å². The van der Waals surface area contributed by atoms with Crippen molar-refractivity contribution >= 4 is 5.91 Å². The van der Waals surface area contributed by atoms with Crippen LogP contribution in [-0.4, -0.2) is 19.1 Å². The molecule has 1 fully saturated rings. The third kappa shape index (κ3) is 2.84. The van der Waals surface area contributed by atoms with Gasteiger partial charge in [0.05, 0.1) is 6.10 Å². The lowest BCUT2D eigenvalue weighted by atomic mass is 9.83. The van der Waals surface area contributed by atoms with Gasteiger partial charge in [0.2, 0.25) is 0 Å². The fourth-order valence-corrected chi connectivity index (χ4v) is 1.95. The molecule has 0 heterocycles. The van der Waals surface area contributed by atoms with Crippen LogP contribution < -0.4 is 10.1 Å². The van der Waals surface area contributed by atoms with Crippen LogP contribution in [0.1, 0.15) is 49.5 Å². The molecule has 1 aliphatic carbocycles. The van der Waals surface area contributed by atoms with Crippen molar-refractivity contribution in [3.63, 3.8) is 0 Å². The van der Waals surface area contributed by atoms with Crippen LogP contribution in [0.3, 0.4) is 0 Å². The first-order chi connectivity index (χ1) is 8.41. The van der Waals surface area contributed by atoms with Crippen molar-refractivity contribution in [2.24, 2.45) is 0 Å². The van der Waals surface area contributed by atoms with E-state index in [9.17, 15) is 4.79 Å². The Labute approximate surface area is 109 Å². The standard InChI is InChI=1S/C15H21NO2/c1-15(2,3)13-8-7-11(18-10-5-6-10)9-12(13)14(17)16-4/h7-10H,5-6H2,1-4H3,(H,16,17). The Balaban J connectivity index is 2.37. The van der Waals surface area contributed by atoms with Crippen LogP contribution in [0.15, 0.2) is 18.2 Å². The summed E-state index contributed by atoms with van der Waals surface area (Å²) in [5, 5.41) is 2.70. The zero-order valence-corrected chi connectivity index (χ0v) is 11.5. The molecule has 2 rings (SSSR count). The molecule has 0 saturated heterocycles. The molecule has 1 N–H and O–H groups in total. The van der Waals surface area contributed by atoms with E-state index in [2.05, 4.69) is 26.1 Å². The molecule has 1 amide bonds. The Morgan fingerprint density at radius 3 is 2.50 bits per heavy atom. The minimum absolute atomic E-state index is 0.0545. The van der Waals surface area contributed by atoms with Crippen molar-refractivity contribution < 1.29 is 9.53 Å². The van der Waals surface area contributed by atoms with Crippen LogP contribution in [0.5, 0.6) is 5.75 Å². The summed E-state index contributed by atoms with van der Waals surface area (Å²) >= 11 is 0. The zero-order valence-electron chi connectivity index (χ0n) is 11.5. The zero-order chi connectivity index (χ0) is 13.3. The summed E-state index contributed by atoms with van der Waals surface area (Å²) < 4.78 is 5.75.